The average Bonchev–Trinajstić information content (AvgIpc) is 2.64. The van der Waals surface area contributed by atoms with Gasteiger partial charge in [-0.05, 0) is 63.1 Å². The molecule has 0 saturated heterocycles. The molecule has 0 aliphatic carbocycles. The highest BCUT2D eigenvalue weighted by atomic mass is 19.1. The largest absolute Gasteiger partial charge is 0.489 e. The van der Waals surface area contributed by atoms with Crippen molar-refractivity contribution < 1.29 is 18.7 Å². The van der Waals surface area contributed by atoms with Gasteiger partial charge in [-0.25, -0.2) is 9.18 Å². The summed E-state index contributed by atoms with van der Waals surface area (Å²) in [6.45, 7) is 7.62. The molecule has 0 radical (unpaired) electrons. The van der Waals surface area contributed by atoms with Crippen molar-refractivity contribution in [1.82, 2.24) is 4.90 Å². The lowest BCUT2D eigenvalue weighted by molar-refractivity contribution is 0.0163. The van der Waals surface area contributed by atoms with Gasteiger partial charge in [-0.2, -0.15) is 4.91 Å². The summed E-state index contributed by atoms with van der Waals surface area (Å²) in [5.74, 6) is 0.326. The maximum atomic E-state index is 13.2. The molecule has 7 heteroatoms. The molecule has 0 bridgehead atoms. The second-order valence-corrected chi connectivity index (χ2v) is 7.83. The Balaban J connectivity index is 2.03. The average molecular weight is 402 g/mol. The lowest BCUT2D eigenvalue weighted by atomic mass is 10.1. The number of carbonyl (C=O) groups is 1. The van der Waals surface area contributed by atoms with E-state index in [0.29, 0.717) is 5.75 Å². The number of nitrogens with zero attached hydrogens (tertiary/aromatic N) is 2. The van der Waals surface area contributed by atoms with Gasteiger partial charge < -0.3 is 9.47 Å². The van der Waals surface area contributed by atoms with Crippen molar-refractivity contribution in [1.29, 1.82) is 0 Å². The SMILES string of the molecule is C[C@@H](CN=O)N(Cc1ccc(OCc2cccc(F)c2)cc1)C(=O)OC(C)(C)C. The number of carbonyl (C=O) groups excluding carboxylic acids is 1. The lowest BCUT2D eigenvalue weighted by Gasteiger charge is -2.30. The van der Waals surface area contributed by atoms with E-state index < -0.39 is 17.7 Å². The van der Waals surface area contributed by atoms with Gasteiger partial charge in [-0.1, -0.05) is 29.4 Å². The monoisotopic (exact) mass is 402 g/mol. The summed E-state index contributed by atoms with van der Waals surface area (Å²) in [6.07, 6.45) is -0.500. The van der Waals surface area contributed by atoms with Gasteiger partial charge >= 0.3 is 6.09 Å². The lowest BCUT2D eigenvalue weighted by Crippen LogP contribution is -2.42. The fraction of sp³-hybridized carbons (Fsp3) is 0.409. The van der Waals surface area contributed by atoms with E-state index in [9.17, 15) is 14.1 Å². The highest BCUT2D eigenvalue weighted by Crippen LogP contribution is 2.19. The van der Waals surface area contributed by atoms with Crippen molar-refractivity contribution in [3.63, 3.8) is 0 Å². The Kier molecular flexibility index (Phi) is 7.70. The number of rotatable bonds is 8. The standard InChI is InChI=1S/C22H27FN2O4/c1-16(13-24-27)25(21(26)29-22(2,3)4)14-17-8-10-20(11-9-17)28-15-18-6-5-7-19(23)12-18/h5-12,16H,13-15H2,1-4H3/t16-/m0/s1. The van der Waals surface area contributed by atoms with E-state index in [1.807, 2.05) is 12.1 Å². The van der Waals surface area contributed by atoms with Crippen LogP contribution in [0.1, 0.15) is 38.8 Å². The predicted octanol–water partition coefficient (Wildman–Crippen LogP) is 5.30. The minimum absolute atomic E-state index is 0.0198. The van der Waals surface area contributed by atoms with E-state index in [1.165, 1.54) is 17.0 Å². The highest BCUT2D eigenvalue weighted by Gasteiger charge is 2.26. The zero-order valence-corrected chi connectivity index (χ0v) is 17.2. The quantitative estimate of drug-likeness (QED) is 0.562. The Hall–Kier alpha value is -2.96. The van der Waals surface area contributed by atoms with Crippen LogP contribution in [0.2, 0.25) is 0 Å². The van der Waals surface area contributed by atoms with Gasteiger partial charge in [-0.3, -0.25) is 4.90 Å². The fourth-order valence-electron chi connectivity index (χ4n) is 2.61. The first-order valence-corrected chi connectivity index (χ1v) is 9.43. The molecule has 1 atom stereocenters. The normalized spacial score (nSPS) is 12.2. The van der Waals surface area contributed by atoms with E-state index in [0.717, 1.165) is 11.1 Å². The van der Waals surface area contributed by atoms with Crippen molar-refractivity contribution in [3.8, 4) is 5.75 Å². The van der Waals surface area contributed by atoms with Crippen LogP contribution < -0.4 is 4.74 Å². The first kappa shape index (κ1) is 22.3. The first-order chi connectivity index (χ1) is 13.7. The molecule has 29 heavy (non-hydrogen) atoms. The molecule has 1 amide bonds. The van der Waals surface area contributed by atoms with Gasteiger partial charge in [0, 0.05) is 6.54 Å². The molecule has 2 aromatic rings. The number of ether oxygens (including phenoxy) is 2. The van der Waals surface area contributed by atoms with E-state index in [2.05, 4.69) is 5.18 Å². The van der Waals surface area contributed by atoms with Crippen molar-refractivity contribution in [2.45, 2.75) is 52.5 Å². The molecule has 6 nitrogen and oxygen atoms in total. The van der Waals surface area contributed by atoms with E-state index in [-0.39, 0.29) is 25.5 Å². The molecule has 0 aliphatic rings. The smallest absolute Gasteiger partial charge is 0.410 e. The number of hydrogen-bond donors (Lipinski definition) is 0. The Morgan fingerprint density at radius 2 is 1.83 bits per heavy atom. The van der Waals surface area contributed by atoms with Gasteiger partial charge in [0.25, 0.3) is 0 Å². The van der Waals surface area contributed by atoms with Gasteiger partial charge in [0.15, 0.2) is 0 Å². The zero-order valence-electron chi connectivity index (χ0n) is 17.2. The predicted molar refractivity (Wildman–Crippen MR) is 109 cm³/mol. The molecular weight excluding hydrogens is 375 g/mol. The summed E-state index contributed by atoms with van der Waals surface area (Å²) >= 11 is 0. The number of nitroso groups, excluding NO2 is 1. The van der Waals surface area contributed by atoms with Crippen molar-refractivity contribution >= 4 is 6.09 Å². The highest BCUT2D eigenvalue weighted by molar-refractivity contribution is 5.68. The Morgan fingerprint density at radius 3 is 2.41 bits per heavy atom. The molecule has 0 fully saturated rings. The maximum Gasteiger partial charge on any atom is 0.410 e. The van der Waals surface area contributed by atoms with Crippen molar-refractivity contribution in [3.05, 3.63) is 70.4 Å². The molecule has 0 aromatic heterocycles. The van der Waals surface area contributed by atoms with Crippen molar-refractivity contribution in [2.75, 3.05) is 6.54 Å². The van der Waals surface area contributed by atoms with Crippen LogP contribution in [-0.2, 0) is 17.9 Å². The van der Waals surface area contributed by atoms with Crippen LogP contribution in [0.25, 0.3) is 0 Å². The van der Waals surface area contributed by atoms with Crippen LogP contribution >= 0.6 is 0 Å². The van der Waals surface area contributed by atoms with Crippen LogP contribution in [0.4, 0.5) is 9.18 Å². The Labute approximate surface area is 170 Å². The summed E-state index contributed by atoms with van der Waals surface area (Å²) in [7, 11) is 0. The fourth-order valence-corrected chi connectivity index (χ4v) is 2.61. The van der Waals surface area contributed by atoms with Crippen LogP contribution in [0.15, 0.2) is 53.7 Å². The minimum atomic E-state index is -0.641. The Bertz CT molecular complexity index is 818. The summed E-state index contributed by atoms with van der Waals surface area (Å²) in [6, 6.07) is 13.1. The van der Waals surface area contributed by atoms with E-state index >= 15 is 0 Å². The zero-order chi connectivity index (χ0) is 21.4. The summed E-state index contributed by atoms with van der Waals surface area (Å²) in [4.78, 5) is 24.7. The number of halogens is 1. The Morgan fingerprint density at radius 1 is 1.14 bits per heavy atom. The molecule has 0 N–H and O–H groups in total. The molecule has 2 aromatic carbocycles. The van der Waals surface area contributed by atoms with Crippen LogP contribution in [0.3, 0.4) is 0 Å². The van der Waals surface area contributed by atoms with Crippen LogP contribution in [0, 0.1) is 10.7 Å². The molecular formula is C22H27FN2O4. The third kappa shape index (κ3) is 7.52. The molecule has 0 spiro atoms. The summed E-state index contributed by atoms with van der Waals surface area (Å²) in [5.41, 5.74) is 0.949. The van der Waals surface area contributed by atoms with E-state index in [1.54, 1.807) is 52.0 Å². The molecule has 2 rings (SSSR count). The molecule has 156 valence electrons. The second kappa shape index (κ2) is 10.0. The van der Waals surface area contributed by atoms with Crippen molar-refractivity contribution in [2.24, 2.45) is 5.18 Å². The summed E-state index contributed by atoms with van der Waals surface area (Å²) < 4.78 is 24.4. The molecule has 0 heterocycles. The van der Waals surface area contributed by atoms with Gasteiger partial charge in [0.2, 0.25) is 0 Å². The maximum absolute atomic E-state index is 13.2. The van der Waals surface area contributed by atoms with Gasteiger partial charge in [-0.15, -0.1) is 0 Å². The molecule has 0 aliphatic heterocycles. The number of benzene rings is 2. The third-order valence-corrected chi connectivity index (χ3v) is 4.07. The van der Waals surface area contributed by atoms with Crippen LogP contribution in [-0.4, -0.2) is 29.2 Å². The molecule has 0 unspecified atom stereocenters. The molecule has 0 saturated carbocycles. The summed E-state index contributed by atoms with van der Waals surface area (Å²) in [5, 5.41) is 2.90. The number of hydrogen-bond acceptors (Lipinski definition) is 5. The van der Waals surface area contributed by atoms with Gasteiger partial charge in [0.1, 0.15) is 30.3 Å². The minimum Gasteiger partial charge on any atom is -0.489 e. The third-order valence-electron chi connectivity index (χ3n) is 4.07. The number of amides is 1. The van der Waals surface area contributed by atoms with Crippen LogP contribution in [0.5, 0.6) is 5.75 Å². The van der Waals surface area contributed by atoms with Gasteiger partial charge in [0.05, 0.1) is 6.04 Å². The second-order valence-electron chi connectivity index (χ2n) is 7.83. The van der Waals surface area contributed by atoms with E-state index in [4.69, 9.17) is 9.47 Å². The first-order valence-electron chi connectivity index (χ1n) is 9.43. The topological polar surface area (TPSA) is 68.2 Å².